The van der Waals surface area contributed by atoms with Crippen LogP contribution in [-0.4, -0.2) is 5.66 Å². The van der Waals surface area contributed by atoms with E-state index in [-0.39, 0.29) is 6.17 Å². The summed E-state index contributed by atoms with van der Waals surface area (Å²) in [6.45, 7) is 0. The molecule has 2 heterocycles. The Kier molecular flexibility index (Phi) is 6.39. The van der Waals surface area contributed by atoms with E-state index >= 15 is 0 Å². The lowest BCUT2D eigenvalue weighted by Gasteiger charge is -2.36. The molecular formula is C45H33N2P. The number of hydrogen-bond acceptors (Lipinski definition) is 2. The van der Waals surface area contributed by atoms with Gasteiger partial charge in [-0.1, -0.05) is 146 Å². The Morgan fingerprint density at radius 1 is 0.583 bits per heavy atom. The molecule has 3 unspecified atom stereocenters. The first-order chi connectivity index (χ1) is 23.8. The smallest absolute Gasteiger partial charge is 0.131 e. The van der Waals surface area contributed by atoms with E-state index in [4.69, 9.17) is 0 Å². The number of allylic oxidation sites excluding steroid dienone is 4. The zero-order valence-electron chi connectivity index (χ0n) is 26.4. The predicted molar refractivity (Wildman–Crippen MR) is 207 cm³/mol. The highest BCUT2D eigenvalue weighted by atomic mass is 31.1. The second-order valence-electron chi connectivity index (χ2n) is 12.9. The maximum atomic E-state index is 3.86. The molecule has 0 spiro atoms. The highest BCUT2D eigenvalue weighted by Gasteiger charge is 2.38. The van der Waals surface area contributed by atoms with Gasteiger partial charge in [-0.25, -0.2) is 0 Å². The van der Waals surface area contributed by atoms with Crippen molar-refractivity contribution in [1.29, 1.82) is 0 Å². The van der Waals surface area contributed by atoms with E-state index < -0.39 is 7.92 Å². The van der Waals surface area contributed by atoms with Gasteiger partial charge in [-0.15, -0.1) is 0 Å². The summed E-state index contributed by atoms with van der Waals surface area (Å²) in [6, 6.07) is 54.3. The van der Waals surface area contributed by atoms with Crippen molar-refractivity contribution in [3.05, 3.63) is 175 Å². The molecule has 7 aromatic carbocycles. The maximum absolute atomic E-state index is 3.86. The van der Waals surface area contributed by atoms with E-state index in [0.29, 0.717) is 5.66 Å². The van der Waals surface area contributed by atoms with E-state index in [1.54, 1.807) is 0 Å². The second kappa shape index (κ2) is 11.1. The number of benzene rings is 7. The van der Waals surface area contributed by atoms with Gasteiger partial charge in [-0.2, -0.15) is 0 Å². The average molecular weight is 633 g/mol. The van der Waals surface area contributed by atoms with Gasteiger partial charge in [0.15, 0.2) is 0 Å². The summed E-state index contributed by atoms with van der Waals surface area (Å²) in [4.78, 5) is 2.47. The van der Waals surface area contributed by atoms with Crippen LogP contribution in [0.2, 0.25) is 0 Å². The van der Waals surface area contributed by atoms with E-state index in [2.05, 4.69) is 180 Å². The van der Waals surface area contributed by atoms with Crippen molar-refractivity contribution < 1.29 is 0 Å². The number of anilines is 3. The molecule has 48 heavy (non-hydrogen) atoms. The van der Waals surface area contributed by atoms with E-state index in [1.165, 1.54) is 77.0 Å². The minimum Gasteiger partial charge on any atom is -0.359 e. The highest BCUT2D eigenvalue weighted by molar-refractivity contribution is 7.74. The molecule has 2 nitrogen and oxygen atoms in total. The van der Waals surface area contributed by atoms with Crippen LogP contribution >= 0.6 is 7.92 Å². The normalized spacial score (nSPS) is 17.8. The minimum absolute atomic E-state index is 0.0507. The molecule has 0 saturated carbocycles. The van der Waals surface area contributed by atoms with Gasteiger partial charge in [-0.3, -0.25) is 0 Å². The molecule has 0 aromatic heterocycles. The van der Waals surface area contributed by atoms with Crippen LogP contribution in [-0.2, 0) is 0 Å². The third kappa shape index (κ3) is 4.16. The van der Waals surface area contributed by atoms with Crippen LogP contribution in [0.25, 0.3) is 43.8 Å². The summed E-state index contributed by atoms with van der Waals surface area (Å²) < 4.78 is 0. The first kappa shape index (κ1) is 27.7. The van der Waals surface area contributed by atoms with Gasteiger partial charge in [0, 0.05) is 16.8 Å². The Morgan fingerprint density at radius 3 is 2.08 bits per heavy atom. The van der Waals surface area contributed by atoms with Gasteiger partial charge < -0.3 is 10.2 Å². The molecule has 0 radical (unpaired) electrons. The van der Waals surface area contributed by atoms with Crippen molar-refractivity contribution in [2.45, 2.75) is 18.2 Å². The Labute approximate surface area is 282 Å². The van der Waals surface area contributed by atoms with Crippen molar-refractivity contribution >= 4 is 57.1 Å². The molecule has 0 saturated heterocycles. The number of nitrogens with zero attached hydrogens (tertiary/aromatic N) is 1. The summed E-state index contributed by atoms with van der Waals surface area (Å²) in [5, 5.41) is 12.1. The maximum Gasteiger partial charge on any atom is 0.131 e. The number of fused-ring (bicyclic) bond motifs is 11. The van der Waals surface area contributed by atoms with Gasteiger partial charge in [0.1, 0.15) is 6.17 Å². The lowest BCUT2D eigenvalue weighted by Crippen LogP contribution is -2.27. The topological polar surface area (TPSA) is 15.3 Å². The number of para-hydroxylation sites is 3. The Balaban J connectivity index is 1.28. The SMILES string of the molecule is C1=CCC(P(c2ccccc2)c2c(-c3ccc4c(c3)-c3ccccc3N3c5ccccc5NC43)c3ccccc3c3ccccc23)C=C1. The first-order valence-corrected chi connectivity index (χ1v) is 18.3. The molecule has 10 rings (SSSR count). The molecule has 0 amide bonds. The summed E-state index contributed by atoms with van der Waals surface area (Å²) in [6.07, 6.45) is 10.3. The summed E-state index contributed by atoms with van der Waals surface area (Å²) in [5.74, 6) is 0. The Bertz CT molecular complexity index is 2440. The van der Waals surface area contributed by atoms with Crippen molar-refractivity contribution in [1.82, 2.24) is 0 Å². The average Bonchev–Trinajstić information content (AvgIpc) is 3.56. The molecule has 3 heteroatoms. The Hall–Kier alpha value is -5.43. The van der Waals surface area contributed by atoms with Crippen LogP contribution in [0.3, 0.4) is 0 Å². The van der Waals surface area contributed by atoms with E-state index in [1.807, 2.05) is 0 Å². The fourth-order valence-corrected chi connectivity index (χ4v) is 11.3. The molecule has 3 atom stereocenters. The number of rotatable bonds is 4. The zero-order valence-corrected chi connectivity index (χ0v) is 27.3. The molecule has 0 fully saturated rings. The van der Waals surface area contributed by atoms with Crippen LogP contribution in [0, 0.1) is 0 Å². The zero-order chi connectivity index (χ0) is 31.6. The molecule has 1 N–H and O–H groups in total. The van der Waals surface area contributed by atoms with Crippen LogP contribution in [0.4, 0.5) is 17.1 Å². The molecule has 228 valence electrons. The predicted octanol–water partition coefficient (Wildman–Crippen LogP) is 11.2. The quantitative estimate of drug-likeness (QED) is 0.153. The van der Waals surface area contributed by atoms with Gasteiger partial charge in [0.05, 0.1) is 17.1 Å². The molecule has 0 bridgehead atoms. The minimum atomic E-state index is -0.749. The molecular weight excluding hydrogens is 599 g/mol. The lowest BCUT2D eigenvalue weighted by atomic mass is 9.87. The Morgan fingerprint density at radius 2 is 1.27 bits per heavy atom. The van der Waals surface area contributed by atoms with Crippen LogP contribution in [0.15, 0.2) is 170 Å². The highest BCUT2D eigenvalue weighted by Crippen LogP contribution is 2.55. The molecule has 3 aliphatic rings. The van der Waals surface area contributed by atoms with Crippen molar-refractivity contribution in [3.8, 4) is 22.3 Å². The molecule has 1 aliphatic carbocycles. The van der Waals surface area contributed by atoms with Crippen LogP contribution in [0.5, 0.6) is 0 Å². The van der Waals surface area contributed by atoms with Gasteiger partial charge in [0.25, 0.3) is 0 Å². The molecule has 7 aromatic rings. The monoisotopic (exact) mass is 632 g/mol. The number of nitrogens with one attached hydrogen (secondary N) is 1. The third-order valence-electron chi connectivity index (χ3n) is 10.3. The second-order valence-corrected chi connectivity index (χ2v) is 15.3. The van der Waals surface area contributed by atoms with E-state index in [9.17, 15) is 0 Å². The lowest BCUT2D eigenvalue weighted by molar-refractivity contribution is 0.819. The van der Waals surface area contributed by atoms with Crippen molar-refractivity contribution in [2.75, 3.05) is 10.2 Å². The standard InChI is InChI=1S/C45H33N2P/c1-3-15-31(16-4-1)48(32-17-5-2-6-18-32)44-37-23-10-8-20-34(37)33-19-7-9-22-36(33)43(44)30-27-28-38-39(29-30)35-21-11-13-25-41(35)47-42-26-14-12-24-40(42)46-45(38)47/h1-17,19-29,32,45-46H,18H2. The van der Waals surface area contributed by atoms with Crippen LogP contribution < -0.4 is 20.8 Å². The van der Waals surface area contributed by atoms with Gasteiger partial charge in [0.2, 0.25) is 0 Å². The fourth-order valence-electron chi connectivity index (χ4n) is 8.24. The summed E-state index contributed by atoms with van der Waals surface area (Å²) in [5.41, 5.74) is 10.6. The van der Waals surface area contributed by atoms with Crippen molar-refractivity contribution in [2.24, 2.45) is 0 Å². The van der Waals surface area contributed by atoms with Crippen LogP contribution in [0.1, 0.15) is 18.2 Å². The first-order valence-electron chi connectivity index (χ1n) is 16.8. The summed E-state index contributed by atoms with van der Waals surface area (Å²) >= 11 is 0. The largest absolute Gasteiger partial charge is 0.359 e. The molecule has 2 aliphatic heterocycles. The summed E-state index contributed by atoms with van der Waals surface area (Å²) in [7, 11) is -0.749. The fraction of sp³-hybridized carbons (Fsp3) is 0.0667. The van der Waals surface area contributed by atoms with E-state index in [0.717, 1.165) is 6.42 Å². The van der Waals surface area contributed by atoms with Gasteiger partial charge in [-0.05, 0) is 87.5 Å². The van der Waals surface area contributed by atoms with Gasteiger partial charge >= 0.3 is 0 Å². The third-order valence-corrected chi connectivity index (χ3v) is 13.1. The number of hydrogen-bond donors (Lipinski definition) is 1. The van der Waals surface area contributed by atoms with Crippen molar-refractivity contribution in [3.63, 3.8) is 0 Å².